The van der Waals surface area contributed by atoms with Crippen LogP contribution < -0.4 is 0 Å². The first-order chi connectivity index (χ1) is 6.21. The number of hydrogen-bond acceptors (Lipinski definition) is 5. The largest absolute Gasteiger partial charge is 0.481 e. The number of carbonyl (C=O) groups is 4. The minimum absolute atomic E-state index is 0. The predicted molar refractivity (Wildman–Crippen MR) is 54.7 cm³/mol. The third-order valence-electron chi connectivity index (χ3n) is 1.33. The summed E-state index contributed by atoms with van der Waals surface area (Å²) in [6.07, 6.45) is -1.51. The number of hydrogen-bond donors (Lipinski definition) is 4. The zero-order valence-corrected chi connectivity index (χ0v) is 15.6. The second-order valence-corrected chi connectivity index (χ2v) is 2.37. The Hall–Kier alpha value is 1.04. The molecule has 17 heavy (non-hydrogen) atoms. The Morgan fingerprint density at radius 1 is 0.882 bits per heavy atom. The van der Waals surface area contributed by atoms with Crippen LogP contribution >= 0.6 is 0 Å². The summed E-state index contributed by atoms with van der Waals surface area (Å²) >= 11 is 0. The second kappa shape index (κ2) is 10.9. The maximum atomic E-state index is 10.6. The van der Waals surface area contributed by atoms with E-state index < -0.39 is 35.7 Å². The van der Waals surface area contributed by atoms with Crippen molar-refractivity contribution in [3.05, 3.63) is 0 Å². The van der Waals surface area contributed by atoms with E-state index in [0.29, 0.717) is 0 Å². The van der Waals surface area contributed by atoms with Crippen LogP contribution in [0.3, 0.4) is 0 Å². The monoisotopic (exact) mass is 275 g/mol. The molecule has 0 bridgehead atoms. The number of aliphatic carboxylic acids is 3. The van der Waals surface area contributed by atoms with Gasteiger partial charge in [0.1, 0.15) is 0 Å². The van der Waals surface area contributed by atoms with Gasteiger partial charge in [-0.05, 0) is 0 Å². The van der Waals surface area contributed by atoms with E-state index in [1.807, 2.05) is 0 Å². The number of carboxylic acids is 3. The van der Waals surface area contributed by atoms with Crippen molar-refractivity contribution in [2.45, 2.75) is 12.0 Å². The SMILES string of the molecule is O=C(O)CC(O)(C(=O)O)C(=O)C(=O)O.[Na].[Na].[Na]. The van der Waals surface area contributed by atoms with Gasteiger partial charge in [0.25, 0.3) is 5.78 Å². The Balaban J connectivity index is -0.000000282. The Kier molecular flexibility index (Phi) is 17.1. The van der Waals surface area contributed by atoms with Crippen molar-refractivity contribution in [2.75, 3.05) is 0 Å². The maximum Gasteiger partial charge on any atom is 0.376 e. The average Bonchev–Trinajstić information content (AvgIpc) is 2.00. The van der Waals surface area contributed by atoms with Gasteiger partial charge >= 0.3 is 17.9 Å². The van der Waals surface area contributed by atoms with Crippen LogP contribution in [0.1, 0.15) is 6.42 Å². The van der Waals surface area contributed by atoms with Crippen molar-refractivity contribution in [3.8, 4) is 0 Å². The van der Waals surface area contributed by atoms with Crippen LogP contribution in [0.4, 0.5) is 0 Å². The number of Topliss-reactive ketones (excluding diaryl/α,β-unsaturated/α-hetero) is 1. The molecule has 0 aromatic heterocycles. The minimum Gasteiger partial charge on any atom is -0.481 e. The van der Waals surface area contributed by atoms with Crippen LogP contribution in [-0.4, -0.2) is 138 Å². The third kappa shape index (κ3) is 7.93. The first kappa shape index (κ1) is 26.6. The third-order valence-corrected chi connectivity index (χ3v) is 1.33. The summed E-state index contributed by atoms with van der Waals surface area (Å²) < 4.78 is 0. The second-order valence-electron chi connectivity index (χ2n) is 2.37. The summed E-state index contributed by atoms with van der Waals surface area (Å²) in [7, 11) is 0. The van der Waals surface area contributed by atoms with Gasteiger partial charge in [0.05, 0.1) is 6.42 Å². The van der Waals surface area contributed by atoms with Crippen molar-refractivity contribution in [3.63, 3.8) is 0 Å². The normalized spacial score (nSPS) is 11.6. The van der Waals surface area contributed by atoms with Gasteiger partial charge in [-0.2, -0.15) is 0 Å². The first-order valence-electron chi connectivity index (χ1n) is 3.17. The first-order valence-corrected chi connectivity index (χ1v) is 3.17. The molecule has 0 spiro atoms. The van der Waals surface area contributed by atoms with Gasteiger partial charge < -0.3 is 20.4 Å². The van der Waals surface area contributed by atoms with Crippen LogP contribution in [0.5, 0.6) is 0 Å². The Morgan fingerprint density at radius 2 is 1.24 bits per heavy atom. The summed E-state index contributed by atoms with van der Waals surface area (Å²) in [6, 6.07) is 0. The van der Waals surface area contributed by atoms with Gasteiger partial charge in [-0.15, -0.1) is 0 Å². The zero-order chi connectivity index (χ0) is 11.5. The van der Waals surface area contributed by atoms with E-state index in [4.69, 9.17) is 20.4 Å². The summed E-state index contributed by atoms with van der Waals surface area (Å²) in [5.74, 6) is -8.32. The summed E-state index contributed by atoms with van der Waals surface area (Å²) in [4.78, 5) is 41.1. The molecule has 11 heteroatoms. The molecule has 0 aromatic rings. The standard InChI is InChI=1S/C6H6O8.3Na/c7-2(8)1-6(14,5(12)13)3(9)4(10)11;;;/h14H,1H2,(H,7,8)(H,10,11)(H,12,13);;;. The molecule has 0 aromatic carbocycles. The average molecular weight is 275 g/mol. The van der Waals surface area contributed by atoms with E-state index in [9.17, 15) is 19.2 Å². The maximum absolute atomic E-state index is 10.6. The molecule has 81 valence electrons. The molecule has 0 rings (SSSR count). The molecule has 0 fully saturated rings. The zero-order valence-electron chi connectivity index (χ0n) is 9.63. The van der Waals surface area contributed by atoms with Crippen molar-refractivity contribution in [1.29, 1.82) is 0 Å². The quantitative estimate of drug-likeness (QED) is 0.232. The molecule has 0 heterocycles. The fourth-order valence-electron chi connectivity index (χ4n) is 0.649. The Labute approximate surface area is 162 Å². The Morgan fingerprint density at radius 3 is 1.41 bits per heavy atom. The number of aliphatic hydroxyl groups is 1. The van der Waals surface area contributed by atoms with Gasteiger partial charge in [0.15, 0.2) is 0 Å². The molecule has 8 nitrogen and oxygen atoms in total. The fourth-order valence-corrected chi connectivity index (χ4v) is 0.649. The summed E-state index contributed by atoms with van der Waals surface area (Å²) in [6.45, 7) is 0. The summed E-state index contributed by atoms with van der Waals surface area (Å²) in [5.41, 5.74) is -3.42. The molecule has 0 aliphatic rings. The van der Waals surface area contributed by atoms with E-state index in [2.05, 4.69) is 0 Å². The van der Waals surface area contributed by atoms with Gasteiger partial charge in [0, 0.05) is 88.7 Å². The molecular formula is C6H6Na3O8. The minimum atomic E-state index is -3.42. The molecule has 0 saturated carbocycles. The van der Waals surface area contributed by atoms with Crippen LogP contribution in [0, 0.1) is 0 Å². The molecule has 0 aliphatic heterocycles. The number of rotatable bonds is 5. The molecule has 0 aliphatic carbocycles. The van der Waals surface area contributed by atoms with Crippen molar-refractivity contribution >= 4 is 112 Å². The smallest absolute Gasteiger partial charge is 0.376 e. The number of ketones is 1. The molecular weight excluding hydrogens is 269 g/mol. The van der Waals surface area contributed by atoms with Gasteiger partial charge in [-0.25, -0.2) is 9.59 Å². The van der Waals surface area contributed by atoms with Crippen molar-refractivity contribution in [2.24, 2.45) is 0 Å². The van der Waals surface area contributed by atoms with Crippen molar-refractivity contribution in [1.82, 2.24) is 0 Å². The van der Waals surface area contributed by atoms with Crippen LogP contribution in [-0.2, 0) is 19.2 Å². The van der Waals surface area contributed by atoms with Gasteiger partial charge in [-0.3, -0.25) is 9.59 Å². The van der Waals surface area contributed by atoms with Crippen LogP contribution in [0.25, 0.3) is 0 Å². The van der Waals surface area contributed by atoms with E-state index in [0.717, 1.165) is 0 Å². The van der Waals surface area contributed by atoms with Crippen molar-refractivity contribution < 1.29 is 39.6 Å². The molecule has 0 amide bonds. The number of carbonyl (C=O) groups excluding carboxylic acids is 1. The van der Waals surface area contributed by atoms with Crippen LogP contribution in [0.2, 0.25) is 0 Å². The van der Waals surface area contributed by atoms with E-state index in [-0.39, 0.29) is 88.7 Å². The van der Waals surface area contributed by atoms with E-state index in [1.165, 1.54) is 0 Å². The Bertz CT molecular complexity index is 316. The molecule has 1 unspecified atom stereocenters. The van der Waals surface area contributed by atoms with E-state index in [1.54, 1.807) is 0 Å². The molecule has 4 N–H and O–H groups in total. The summed E-state index contributed by atoms with van der Waals surface area (Å²) in [5, 5.41) is 33.6. The van der Waals surface area contributed by atoms with Gasteiger partial charge in [0.2, 0.25) is 5.60 Å². The predicted octanol–water partition coefficient (Wildman–Crippen LogP) is -3.21. The van der Waals surface area contributed by atoms with Crippen LogP contribution in [0.15, 0.2) is 0 Å². The fraction of sp³-hybridized carbons (Fsp3) is 0.333. The molecule has 3 radical (unpaired) electrons. The topological polar surface area (TPSA) is 149 Å². The van der Waals surface area contributed by atoms with E-state index >= 15 is 0 Å². The van der Waals surface area contributed by atoms with Gasteiger partial charge in [-0.1, -0.05) is 0 Å². The number of carboxylic acid groups (broad SMARTS) is 3. The molecule has 1 atom stereocenters. The molecule has 0 saturated heterocycles.